The molecule has 1 saturated heterocycles. The summed E-state index contributed by atoms with van der Waals surface area (Å²) in [7, 11) is 0. The molecular weight excluding hydrogens is 254 g/mol. The van der Waals surface area contributed by atoms with Gasteiger partial charge in [0, 0.05) is 18.5 Å². The van der Waals surface area contributed by atoms with Gasteiger partial charge < -0.3 is 10.1 Å². The van der Waals surface area contributed by atoms with Crippen LogP contribution in [0.3, 0.4) is 0 Å². The molecule has 1 amide bonds. The highest BCUT2D eigenvalue weighted by Gasteiger charge is 2.17. The molecule has 1 aliphatic heterocycles. The Kier molecular flexibility index (Phi) is 3.60. The zero-order valence-electron chi connectivity index (χ0n) is 11.4. The van der Waals surface area contributed by atoms with E-state index >= 15 is 0 Å². The Balaban J connectivity index is 1.73. The molecule has 5 nitrogen and oxygen atoms in total. The maximum Gasteiger partial charge on any atom is 0.271 e. The van der Waals surface area contributed by atoms with E-state index in [-0.39, 0.29) is 12.0 Å². The van der Waals surface area contributed by atoms with Gasteiger partial charge in [0.15, 0.2) is 5.69 Å². The first-order valence-electron chi connectivity index (χ1n) is 6.86. The first-order valence-corrected chi connectivity index (χ1v) is 6.86. The van der Waals surface area contributed by atoms with E-state index in [2.05, 4.69) is 15.5 Å². The highest BCUT2D eigenvalue weighted by atomic mass is 16.5. The summed E-state index contributed by atoms with van der Waals surface area (Å²) >= 11 is 0. The zero-order valence-corrected chi connectivity index (χ0v) is 11.4. The molecule has 1 aromatic carbocycles. The second kappa shape index (κ2) is 5.54. The van der Waals surface area contributed by atoms with Gasteiger partial charge in [-0.3, -0.25) is 4.79 Å². The average Bonchev–Trinajstić information content (AvgIpc) is 2.97. The maximum atomic E-state index is 12.1. The van der Waals surface area contributed by atoms with Gasteiger partial charge in [-0.15, -0.1) is 10.2 Å². The smallest absolute Gasteiger partial charge is 0.271 e. The largest absolute Gasteiger partial charge is 0.376 e. The van der Waals surface area contributed by atoms with Crippen LogP contribution in [-0.2, 0) is 4.74 Å². The molecule has 0 aliphatic carbocycles. The minimum atomic E-state index is -0.198. The third-order valence-corrected chi connectivity index (χ3v) is 3.49. The fourth-order valence-corrected chi connectivity index (χ4v) is 2.38. The van der Waals surface area contributed by atoms with Crippen molar-refractivity contribution < 1.29 is 9.53 Å². The molecule has 3 rings (SSSR count). The molecule has 0 bridgehead atoms. The predicted octanol–water partition coefficient (Wildman–Crippen LogP) is 1.85. The number of benzene rings is 1. The van der Waals surface area contributed by atoms with Gasteiger partial charge in [-0.2, -0.15) is 0 Å². The summed E-state index contributed by atoms with van der Waals surface area (Å²) in [6.45, 7) is 3.33. The van der Waals surface area contributed by atoms with Gasteiger partial charge in [0.1, 0.15) is 0 Å². The number of amides is 1. The van der Waals surface area contributed by atoms with Crippen molar-refractivity contribution in [1.82, 2.24) is 15.5 Å². The third-order valence-electron chi connectivity index (χ3n) is 3.49. The van der Waals surface area contributed by atoms with Gasteiger partial charge in [0.25, 0.3) is 5.91 Å². The van der Waals surface area contributed by atoms with Crippen molar-refractivity contribution in [2.45, 2.75) is 25.9 Å². The number of hydrogen-bond acceptors (Lipinski definition) is 4. The van der Waals surface area contributed by atoms with Crippen molar-refractivity contribution in [3.8, 4) is 0 Å². The molecular formula is C15H17N3O2. The maximum absolute atomic E-state index is 12.1. The lowest BCUT2D eigenvalue weighted by molar-refractivity contribution is 0.0853. The molecule has 1 aromatic heterocycles. The normalized spacial score (nSPS) is 18.4. The topological polar surface area (TPSA) is 64.1 Å². The number of carbonyl (C=O) groups is 1. The number of fused-ring (bicyclic) bond motifs is 1. The van der Waals surface area contributed by atoms with Crippen molar-refractivity contribution in [2.75, 3.05) is 13.2 Å². The molecule has 1 fully saturated rings. The number of nitrogens with zero attached hydrogens (tertiary/aromatic N) is 2. The number of carbonyl (C=O) groups excluding carboxylic acids is 1. The average molecular weight is 271 g/mol. The summed E-state index contributed by atoms with van der Waals surface area (Å²) in [5.41, 5.74) is 2.28. The lowest BCUT2D eigenvalue weighted by atomic mass is 10.1. The molecule has 1 N–H and O–H groups in total. The first-order chi connectivity index (χ1) is 9.72. The van der Waals surface area contributed by atoms with Gasteiger partial charge in [-0.1, -0.05) is 11.6 Å². The van der Waals surface area contributed by atoms with E-state index in [1.165, 1.54) is 0 Å². The van der Waals surface area contributed by atoms with Crippen molar-refractivity contribution in [3.05, 3.63) is 35.5 Å². The van der Waals surface area contributed by atoms with Crippen LogP contribution in [0.5, 0.6) is 0 Å². The van der Waals surface area contributed by atoms with Crippen LogP contribution in [0, 0.1) is 6.92 Å². The number of rotatable bonds is 3. The van der Waals surface area contributed by atoms with Gasteiger partial charge in [0.2, 0.25) is 0 Å². The van der Waals surface area contributed by atoms with Crippen molar-refractivity contribution in [3.63, 3.8) is 0 Å². The molecule has 0 unspecified atom stereocenters. The van der Waals surface area contributed by atoms with E-state index in [1.807, 2.05) is 25.1 Å². The summed E-state index contributed by atoms with van der Waals surface area (Å²) in [6.07, 6.45) is 2.20. The third kappa shape index (κ3) is 2.77. The first kappa shape index (κ1) is 13.0. The molecule has 5 heteroatoms. The number of hydrogen-bond donors (Lipinski definition) is 1. The second-order valence-electron chi connectivity index (χ2n) is 5.14. The Bertz CT molecular complexity index is 636. The van der Waals surface area contributed by atoms with Gasteiger partial charge in [0.05, 0.1) is 11.6 Å². The zero-order chi connectivity index (χ0) is 13.9. The fourth-order valence-electron chi connectivity index (χ4n) is 2.38. The molecule has 2 aromatic rings. The number of ether oxygens (including phenoxy) is 1. The minimum absolute atomic E-state index is 0.134. The van der Waals surface area contributed by atoms with E-state index in [9.17, 15) is 4.79 Å². The highest BCUT2D eigenvalue weighted by molar-refractivity contribution is 5.95. The van der Waals surface area contributed by atoms with Crippen LogP contribution in [0.4, 0.5) is 0 Å². The molecule has 104 valence electrons. The van der Waals surface area contributed by atoms with Crippen LogP contribution in [0.1, 0.15) is 28.9 Å². The van der Waals surface area contributed by atoms with Crippen LogP contribution in [-0.4, -0.2) is 35.4 Å². The van der Waals surface area contributed by atoms with Crippen molar-refractivity contribution in [1.29, 1.82) is 0 Å². The van der Waals surface area contributed by atoms with Crippen LogP contribution >= 0.6 is 0 Å². The van der Waals surface area contributed by atoms with Crippen molar-refractivity contribution in [2.24, 2.45) is 0 Å². The van der Waals surface area contributed by atoms with Crippen molar-refractivity contribution >= 4 is 16.8 Å². The second-order valence-corrected chi connectivity index (χ2v) is 5.14. The molecule has 2 heterocycles. The van der Waals surface area contributed by atoms with Gasteiger partial charge >= 0.3 is 0 Å². The summed E-state index contributed by atoms with van der Waals surface area (Å²) in [6, 6.07) is 7.67. The number of nitrogens with one attached hydrogen (secondary N) is 1. The summed E-state index contributed by atoms with van der Waals surface area (Å²) in [4.78, 5) is 12.1. The molecule has 0 saturated carbocycles. The molecule has 0 radical (unpaired) electrons. The van der Waals surface area contributed by atoms with E-state index in [0.29, 0.717) is 12.2 Å². The standard InChI is InChI=1S/C15H17N3O2/c1-10-4-5-13-11(7-10)8-14(18-17-13)15(19)16-9-12-3-2-6-20-12/h4-5,7-8,12H,2-3,6,9H2,1H3,(H,16,19)/t12-/m0/s1. The predicted molar refractivity (Wildman–Crippen MR) is 75.6 cm³/mol. The Hall–Kier alpha value is -2.01. The fraction of sp³-hybridized carbons (Fsp3) is 0.400. The summed E-state index contributed by atoms with van der Waals surface area (Å²) in [5, 5.41) is 11.8. The molecule has 0 spiro atoms. The van der Waals surface area contributed by atoms with Crippen LogP contribution < -0.4 is 5.32 Å². The Morgan fingerprint density at radius 1 is 1.40 bits per heavy atom. The van der Waals surface area contributed by atoms with Gasteiger partial charge in [-0.05, 0) is 38.0 Å². The monoisotopic (exact) mass is 271 g/mol. The minimum Gasteiger partial charge on any atom is -0.376 e. The lowest BCUT2D eigenvalue weighted by Gasteiger charge is -2.10. The molecule has 1 aliphatic rings. The van der Waals surface area contributed by atoms with Crippen LogP contribution in [0.15, 0.2) is 24.3 Å². The SMILES string of the molecule is Cc1ccc2nnc(C(=O)NC[C@@H]3CCCO3)cc2c1. The molecule has 20 heavy (non-hydrogen) atoms. The van der Waals surface area contributed by atoms with Crippen LogP contribution in [0.2, 0.25) is 0 Å². The Morgan fingerprint density at radius 2 is 2.30 bits per heavy atom. The number of aromatic nitrogens is 2. The highest BCUT2D eigenvalue weighted by Crippen LogP contribution is 2.14. The van der Waals surface area contributed by atoms with E-state index < -0.39 is 0 Å². The van der Waals surface area contributed by atoms with E-state index in [0.717, 1.165) is 35.9 Å². The molecule has 1 atom stereocenters. The van der Waals surface area contributed by atoms with E-state index in [1.54, 1.807) is 6.07 Å². The van der Waals surface area contributed by atoms with Gasteiger partial charge in [-0.25, -0.2) is 0 Å². The Morgan fingerprint density at radius 3 is 3.10 bits per heavy atom. The summed E-state index contributed by atoms with van der Waals surface area (Å²) < 4.78 is 5.47. The van der Waals surface area contributed by atoms with E-state index in [4.69, 9.17) is 4.74 Å². The number of aryl methyl sites for hydroxylation is 1. The Labute approximate surface area is 117 Å². The quantitative estimate of drug-likeness (QED) is 0.925. The van der Waals surface area contributed by atoms with Crippen LogP contribution in [0.25, 0.3) is 10.9 Å². The summed E-state index contributed by atoms with van der Waals surface area (Å²) in [5.74, 6) is -0.198. The lowest BCUT2D eigenvalue weighted by Crippen LogP contribution is -2.32.